The fraction of sp³-hybridized carbons (Fsp3) is 0.267. The minimum absolute atomic E-state index is 0.219. The van der Waals surface area contributed by atoms with Gasteiger partial charge in [0.2, 0.25) is 0 Å². The van der Waals surface area contributed by atoms with Gasteiger partial charge in [0, 0.05) is 12.7 Å². The van der Waals surface area contributed by atoms with Crippen molar-refractivity contribution in [1.29, 1.82) is 0 Å². The fourth-order valence-electron chi connectivity index (χ4n) is 2.71. The molecule has 4 nitrogen and oxygen atoms in total. The number of hydrogen-bond donors (Lipinski definition) is 2. The van der Waals surface area contributed by atoms with E-state index in [1.54, 1.807) is 17.0 Å². The van der Waals surface area contributed by atoms with Crippen molar-refractivity contribution in [2.24, 2.45) is 0 Å². The maximum Gasteiger partial charge on any atom is 0.270 e. The fourth-order valence-corrected chi connectivity index (χ4v) is 2.88. The number of nitrogens with one attached hydrogen (secondary N) is 1. The lowest BCUT2D eigenvalue weighted by atomic mass is 10.0. The molecule has 0 radical (unpaired) electrons. The summed E-state index contributed by atoms with van der Waals surface area (Å²) in [6.07, 6.45) is 1.30. The summed E-state index contributed by atoms with van der Waals surface area (Å²) in [5.74, 6) is -0.614. The molecule has 1 saturated heterocycles. The van der Waals surface area contributed by atoms with Gasteiger partial charge in [-0.05, 0) is 30.2 Å². The van der Waals surface area contributed by atoms with Crippen LogP contribution in [0.25, 0.3) is 0 Å². The van der Waals surface area contributed by atoms with Gasteiger partial charge < -0.3 is 15.0 Å². The predicted octanol–water partition coefficient (Wildman–Crippen LogP) is 2.76. The molecule has 1 aliphatic heterocycles. The summed E-state index contributed by atoms with van der Waals surface area (Å²) in [7, 11) is 0. The molecule has 2 heterocycles. The largest absolute Gasteiger partial charge is 0.391 e. The average Bonchev–Trinajstić information content (AvgIpc) is 3.04. The Morgan fingerprint density at radius 2 is 2.24 bits per heavy atom. The van der Waals surface area contributed by atoms with Crippen LogP contribution in [0, 0.1) is 5.82 Å². The van der Waals surface area contributed by atoms with E-state index in [4.69, 9.17) is 11.6 Å². The van der Waals surface area contributed by atoms with E-state index >= 15 is 0 Å². The van der Waals surface area contributed by atoms with E-state index in [0.29, 0.717) is 22.7 Å². The first-order valence-corrected chi connectivity index (χ1v) is 7.01. The van der Waals surface area contributed by atoms with Crippen molar-refractivity contribution in [2.45, 2.75) is 18.6 Å². The highest BCUT2D eigenvalue weighted by Gasteiger charge is 2.36. The molecule has 1 fully saturated rings. The highest BCUT2D eigenvalue weighted by Crippen LogP contribution is 2.33. The van der Waals surface area contributed by atoms with Crippen molar-refractivity contribution < 1.29 is 14.3 Å². The van der Waals surface area contributed by atoms with Gasteiger partial charge in [-0.3, -0.25) is 4.79 Å². The van der Waals surface area contributed by atoms with Crippen molar-refractivity contribution in [2.75, 3.05) is 6.54 Å². The number of rotatable bonds is 2. The standard InChI is InChI=1S/C15H14ClFN2O2/c16-10-5-13(18-7-10)15(21)19-8-12(20)6-14(19)9-2-1-3-11(17)4-9/h1-5,7,12,14,18,20H,6,8H2/t12-,14-/m1/s1. The molecule has 0 unspecified atom stereocenters. The van der Waals surface area contributed by atoms with Gasteiger partial charge in [0.05, 0.1) is 17.2 Å². The second-order valence-corrected chi connectivity index (χ2v) is 5.59. The lowest BCUT2D eigenvalue weighted by Gasteiger charge is -2.24. The molecule has 2 N–H and O–H groups in total. The second kappa shape index (κ2) is 5.50. The van der Waals surface area contributed by atoms with Crippen molar-refractivity contribution in [3.05, 3.63) is 58.6 Å². The number of amides is 1. The van der Waals surface area contributed by atoms with Crippen LogP contribution in [0.5, 0.6) is 0 Å². The van der Waals surface area contributed by atoms with Crippen LogP contribution >= 0.6 is 11.6 Å². The Balaban J connectivity index is 1.91. The highest BCUT2D eigenvalue weighted by molar-refractivity contribution is 6.30. The number of aliphatic hydroxyl groups is 1. The topological polar surface area (TPSA) is 56.3 Å². The Bertz CT molecular complexity index is 673. The molecule has 3 rings (SSSR count). The zero-order chi connectivity index (χ0) is 15.0. The maximum absolute atomic E-state index is 13.4. The van der Waals surface area contributed by atoms with Gasteiger partial charge in [0.25, 0.3) is 5.91 Å². The molecule has 0 aliphatic carbocycles. The lowest BCUT2D eigenvalue weighted by molar-refractivity contribution is 0.0710. The molecule has 1 aliphatic rings. The molecule has 21 heavy (non-hydrogen) atoms. The third-order valence-corrected chi connectivity index (χ3v) is 3.87. The Hall–Kier alpha value is -1.85. The maximum atomic E-state index is 13.4. The summed E-state index contributed by atoms with van der Waals surface area (Å²) in [5.41, 5.74) is 1.04. The van der Waals surface area contributed by atoms with E-state index < -0.39 is 6.10 Å². The number of halogens is 2. The summed E-state index contributed by atoms with van der Waals surface area (Å²) in [6.45, 7) is 0.219. The zero-order valence-corrected chi connectivity index (χ0v) is 11.8. The third-order valence-electron chi connectivity index (χ3n) is 3.65. The molecule has 0 saturated carbocycles. The minimum Gasteiger partial charge on any atom is -0.391 e. The summed E-state index contributed by atoms with van der Waals surface area (Å²) in [5, 5.41) is 10.3. The molecule has 1 aromatic carbocycles. The number of nitrogens with zero attached hydrogens (tertiary/aromatic N) is 1. The summed E-state index contributed by atoms with van der Waals surface area (Å²) in [4.78, 5) is 16.9. The van der Waals surface area contributed by atoms with Crippen LogP contribution in [-0.4, -0.2) is 33.5 Å². The summed E-state index contributed by atoms with van der Waals surface area (Å²) < 4.78 is 13.4. The highest BCUT2D eigenvalue weighted by atomic mass is 35.5. The van der Waals surface area contributed by atoms with E-state index in [2.05, 4.69) is 4.98 Å². The Morgan fingerprint density at radius 3 is 2.90 bits per heavy atom. The first-order valence-electron chi connectivity index (χ1n) is 6.63. The van der Waals surface area contributed by atoms with Crippen LogP contribution in [0.4, 0.5) is 4.39 Å². The molecular formula is C15H14ClFN2O2. The SMILES string of the molecule is O=C(c1cc(Cl)c[nH]1)N1C[C@H](O)C[C@@H]1c1cccc(F)c1. The van der Waals surface area contributed by atoms with Gasteiger partial charge in [-0.25, -0.2) is 4.39 Å². The van der Waals surface area contributed by atoms with E-state index in [0.717, 1.165) is 0 Å². The monoisotopic (exact) mass is 308 g/mol. The van der Waals surface area contributed by atoms with E-state index in [1.165, 1.54) is 24.4 Å². The smallest absolute Gasteiger partial charge is 0.270 e. The van der Waals surface area contributed by atoms with Crippen molar-refractivity contribution in [1.82, 2.24) is 9.88 Å². The first kappa shape index (κ1) is 14.1. The van der Waals surface area contributed by atoms with Gasteiger partial charge in [-0.2, -0.15) is 0 Å². The number of benzene rings is 1. The molecule has 2 atom stereocenters. The van der Waals surface area contributed by atoms with Crippen molar-refractivity contribution >= 4 is 17.5 Å². The number of hydrogen-bond acceptors (Lipinski definition) is 2. The van der Waals surface area contributed by atoms with Gasteiger partial charge in [0.15, 0.2) is 0 Å². The lowest BCUT2D eigenvalue weighted by Crippen LogP contribution is -2.32. The van der Waals surface area contributed by atoms with Gasteiger partial charge >= 0.3 is 0 Å². The molecule has 1 amide bonds. The average molecular weight is 309 g/mol. The minimum atomic E-state index is -0.618. The predicted molar refractivity (Wildman–Crippen MR) is 76.6 cm³/mol. The molecule has 0 bridgehead atoms. The Morgan fingerprint density at radius 1 is 1.43 bits per heavy atom. The number of carbonyl (C=O) groups is 1. The van der Waals surface area contributed by atoms with Crippen LogP contribution in [0.2, 0.25) is 5.02 Å². The summed E-state index contributed by atoms with van der Waals surface area (Å²) >= 11 is 5.81. The zero-order valence-electron chi connectivity index (χ0n) is 11.1. The van der Waals surface area contributed by atoms with Crippen LogP contribution < -0.4 is 0 Å². The van der Waals surface area contributed by atoms with Gasteiger partial charge in [-0.15, -0.1) is 0 Å². The molecule has 110 valence electrons. The molecule has 2 aromatic rings. The first-order chi connectivity index (χ1) is 10.0. The Labute approximate surface area is 126 Å². The number of H-pyrrole nitrogens is 1. The second-order valence-electron chi connectivity index (χ2n) is 5.15. The van der Waals surface area contributed by atoms with Crippen molar-refractivity contribution in [3.8, 4) is 0 Å². The van der Waals surface area contributed by atoms with E-state index in [9.17, 15) is 14.3 Å². The molecular weight excluding hydrogens is 295 g/mol. The number of aromatic amines is 1. The molecule has 6 heteroatoms. The quantitative estimate of drug-likeness (QED) is 0.896. The third kappa shape index (κ3) is 2.80. The van der Waals surface area contributed by atoms with Crippen molar-refractivity contribution in [3.63, 3.8) is 0 Å². The molecule has 1 aromatic heterocycles. The van der Waals surface area contributed by atoms with E-state index in [1.807, 2.05) is 0 Å². The van der Waals surface area contributed by atoms with Crippen LogP contribution in [0.1, 0.15) is 28.5 Å². The molecule has 0 spiro atoms. The van der Waals surface area contributed by atoms with Gasteiger partial charge in [0.1, 0.15) is 11.5 Å². The number of aliphatic hydroxyl groups excluding tert-OH is 1. The Kier molecular flexibility index (Phi) is 3.69. The van der Waals surface area contributed by atoms with Gasteiger partial charge in [-0.1, -0.05) is 23.7 Å². The van der Waals surface area contributed by atoms with E-state index in [-0.39, 0.29) is 24.3 Å². The summed E-state index contributed by atoms with van der Waals surface area (Å²) in [6, 6.07) is 7.30. The number of β-amino-alcohol motifs (C(OH)–C–C–N with tert-alkyl or cyclic N) is 1. The van der Waals surface area contributed by atoms with Crippen LogP contribution in [0.15, 0.2) is 36.5 Å². The normalized spacial score (nSPS) is 21.8. The van der Waals surface area contributed by atoms with Crippen LogP contribution in [-0.2, 0) is 0 Å². The number of likely N-dealkylation sites (tertiary alicyclic amines) is 1. The number of carbonyl (C=O) groups excluding carboxylic acids is 1. The van der Waals surface area contributed by atoms with Crippen LogP contribution in [0.3, 0.4) is 0 Å². The number of aromatic nitrogens is 1.